The quantitative estimate of drug-likeness (QED) is 0.380. The van der Waals surface area contributed by atoms with Crippen LogP contribution in [-0.4, -0.2) is 61.2 Å². The van der Waals surface area contributed by atoms with Crippen molar-refractivity contribution in [1.82, 2.24) is 0 Å². The van der Waals surface area contributed by atoms with E-state index in [-0.39, 0.29) is 23.1 Å². The van der Waals surface area contributed by atoms with Crippen LogP contribution in [-0.2, 0) is 29.2 Å². The van der Waals surface area contributed by atoms with Gasteiger partial charge in [0.25, 0.3) is 0 Å². The van der Waals surface area contributed by atoms with Crippen LogP contribution in [0.1, 0.15) is 27.7 Å². The van der Waals surface area contributed by atoms with E-state index in [4.69, 9.17) is 0 Å². The molecule has 0 aliphatic heterocycles. The van der Waals surface area contributed by atoms with Crippen LogP contribution in [0.25, 0.3) is 0 Å². The van der Waals surface area contributed by atoms with Crippen molar-refractivity contribution in [1.29, 1.82) is 0 Å². The summed E-state index contributed by atoms with van der Waals surface area (Å²) in [5.74, 6) is 0. The largest absolute Gasteiger partial charge is 2.00 e. The zero-order valence-corrected chi connectivity index (χ0v) is 13.0. The van der Waals surface area contributed by atoms with E-state index in [9.17, 15) is 25.9 Å². The Bertz CT molecular complexity index is 333. The van der Waals surface area contributed by atoms with Gasteiger partial charge in [-0.3, -0.25) is 8.37 Å². The fourth-order valence-electron chi connectivity index (χ4n) is 0.471. The molecule has 0 saturated carbocycles. The van der Waals surface area contributed by atoms with Crippen LogP contribution in [0, 0.1) is 0 Å². The molecule has 0 heterocycles. The summed E-state index contributed by atoms with van der Waals surface area (Å²) in [5.41, 5.74) is 0. The molecule has 0 aromatic carbocycles. The van der Waals surface area contributed by atoms with Crippen LogP contribution in [0.4, 0.5) is 0 Å². The van der Waals surface area contributed by atoms with Crippen molar-refractivity contribution in [2.45, 2.75) is 39.9 Å². The standard InChI is InChI=1S/2C3H8O4S.Mg/c2*1-3(2)7-8(4,5)6;/h2*3H,1-2H3,(H,4,5,6);/q;;+2/p-2. The van der Waals surface area contributed by atoms with Gasteiger partial charge in [-0.25, -0.2) is 16.8 Å². The number of rotatable bonds is 4. The van der Waals surface area contributed by atoms with Crippen molar-refractivity contribution in [3.8, 4) is 0 Å². The van der Waals surface area contributed by atoms with Crippen molar-refractivity contribution in [3.63, 3.8) is 0 Å². The van der Waals surface area contributed by atoms with Crippen molar-refractivity contribution in [2.75, 3.05) is 0 Å². The van der Waals surface area contributed by atoms with Gasteiger partial charge >= 0.3 is 23.1 Å². The third kappa shape index (κ3) is 31.5. The Morgan fingerprint density at radius 1 is 0.765 bits per heavy atom. The molecular formula is C6H14MgO8S2. The van der Waals surface area contributed by atoms with E-state index in [1.165, 1.54) is 27.7 Å². The Morgan fingerprint density at radius 3 is 0.941 bits per heavy atom. The van der Waals surface area contributed by atoms with Crippen LogP contribution >= 0.6 is 0 Å². The molecule has 0 aromatic heterocycles. The molecule has 0 aromatic rings. The van der Waals surface area contributed by atoms with Gasteiger partial charge in [0.05, 0.1) is 12.2 Å². The first kappa shape index (κ1) is 22.7. The Morgan fingerprint density at radius 2 is 0.941 bits per heavy atom. The third-order valence-electron chi connectivity index (χ3n) is 0.621. The minimum Gasteiger partial charge on any atom is -0.726 e. The maximum atomic E-state index is 9.66. The van der Waals surface area contributed by atoms with Crippen molar-refractivity contribution in [3.05, 3.63) is 0 Å². The first-order valence-electron chi connectivity index (χ1n) is 4.11. The molecule has 0 radical (unpaired) electrons. The van der Waals surface area contributed by atoms with Crippen LogP contribution in [0.3, 0.4) is 0 Å². The van der Waals surface area contributed by atoms with Crippen LogP contribution < -0.4 is 0 Å². The average molecular weight is 303 g/mol. The van der Waals surface area contributed by atoms with Gasteiger partial charge in [-0.1, -0.05) is 0 Å². The summed E-state index contributed by atoms with van der Waals surface area (Å²) in [6, 6.07) is 0. The fraction of sp³-hybridized carbons (Fsp3) is 1.00. The predicted molar refractivity (Wildman–Crippen MR) is 57.6 cm³/mol. The minimum atomic E-state index is -4.47. The minimum absolute atomic E-state index is 0. The zero-order valence-electron chi connectivity index (χ0n) is 9.94. The summed E-state index contributed by atoms with van der Waals surface area (Å²) in [6.07, 6.45) is -1.12. The van der Waals surface area contributed by atoms with Crippen LogP contribution in [0.15, 0.2) is 0 Å². The zero-order chi connectivity index (χ0) is 13.6. The van der Waals surface area contributed by atoms with E-state index in [0.717, 1.165) is 0 Å². The van der Waals surface area contributed by atoms with Gasteiger partial charge in [-0.15, -0.1) is 0 Å². The molecule has 8 nitrogen and oxygen atoms in total. The molecule has 0 aliphatic carbocycles. The molecule has 0 aliphatic rings. The summed E-state index contributed by atoms with van der Waals surface area (Å²) >= 11 is 0. The average Bonchev–Trinajstić information content (AvgIpc) is 1.72. The molecular weight excluding hydrogens is 288 g/mol. The monoisotopic (exact) mass is 302 g/mol. The van der Waals surface area contributed by atoms with Gasteiger partial charge in [-0.05, 0) is 27.7 Å². The molecule has 0 fully saturated rings. The van der Waals surface area contributed by atoms with Gasteiger partial charge in [0.1, 0.15) is 0 Å². The fourth-order valence-corrected chi connectivity index (χ4v) is 1.41. The molecule has 0 bridgehead atoms. The van der Waals surface area contributed by atoms with Crippen molar-refractivity contribution >= 4 is 43.9 Å². The first-order valence-corrected chi connectivity index (χ1v) is 6.78. The van der Waals surface area contributed by atoms with E-state index in [1.807, 2.05) is 0 Å². The Kier molecular flexibility index (Phi) is 12.6. The second-order valence-corrected chi connectivity index (χ2v) is 5.12. The first-order chi connectivity index (χ1) is 6.83. The summed E-state index contributed by atoms with van der Waals surface area (Å²) in [5, 5.41) is 0. The molecule has 0 N–H and O–H groups in total. The summed E-state index contributed by atoms with van der Waals surface area (Å²) < 4.78 is 65.7. The van der Waals surface area contributed by atoms with Crippen LogP contribution in [0.5, 0.6) is 0 Å². The van der Waals surface area contributed by atoms with Gasteiger partial charge in [0.15, 0.2) is 0 Å². The van der Waals surface area contributed by atoms with Gasteiger partial charge in [-0.2, -0.15) is 0 Å². The molecule has 17 heavy (non-hydrogen) atoms. The second-order valence-electron chi connectivity index (χ2n) is 3.11. The van der Waals surface area contributed by atoms with E-state index < -0.39 is 33.0 Å². The maximum absolute atomic E-state index is 9.66. The summed E-state index contributed by atoms with van der Waals surface area (Å²) in [6.45, 7) is 5.87. The van der Waals surface area contributed by atoms with E-state index in [0.29, 0.717) is 0 Å². The van der Waals surface area contributed by atoms with E-state index >= 15 is 0 Å². The second kappa shape index (κ2) is 9.44. The molecule has 100 valence electrons. The third-order valence-corrected chi connectivity index (χ3v) is 1.86. The van der Waals surface area contributed by atoms with Crippen LogP contribution in [0.2, 0.25) is 0 Å². The summed E-state index contributed by atoms with van der Waals surface area (Å²) in [4.78, 5) is 0. The number of hydrogen-bond donors (Lipinski definition) is 0. The molecule has 0 unspecified atom stereocenters. The molecule has 11 heteroatoms. The smallest absolute Gasteiger partial charge is 0.726 e. The van der Waals surface area contributed by atoms with Gasteiger partial charge in [0.2, 0.25) is 20.8 Å². The SMILES string of the molecule is CC(C)OS(=O)(=O)[O-].CC(C)OS(=O)(=O)[O-].[Mg+2]. The maximum Gasteiger partial charge on any atom is 2.00 e. The van der Waals surface area contributed by atoms with Crippen molar-refractivity contribution < 1.29 is 34.3 Å². The Labute approximate surface area is 118 Å². The van der Waals surface area contributed by atoms with E-state index in [2.05, 4.69) is 8.37 Å². The predicted octanol–water partition coefficient (Wildman–Crippen LogP) is -0.638. The molecule has 0 amide bonds. The number of hydrogen-bond acceptors (Lipinski definition) is 8. The molecule has 0 rings (SSSR count). The Hall–Kier alpha value is 0.506. The molecule has 0 spiro atoms. The molecule has 0 saturated heterocycles. The normalized spacial score (nSPS) is 11.8. The van der Waals surface area contributed by atoms with E-state index in [1.54, 1.807) is 0 Å². The van der Waals surface area contributed by atoms with Crippen molar-refractivity contribution in [2.24, 2.45) is 0 Å². The Balaban J connectivity index is -0.000000218. The topological polar surface area (TPSA) is 133 Å². The summed E-state index contributed by atoms with van der Waals surface area (Å²) in [7, 11) is -8.95. The molecule has 0 atom stereocenters. The van der Waals surface area contributed by atoms with Gasteiger partial charge in [0, 0.05) is 0 Å². The van der Waals surface area contributed by atoms with Gasteiger partial charge < -0.3 is 9.11 Å².